The van der Waals surface area contributed by atoms with Gasteiger partial charge in [0, 0.05) is 55.1 Å². The summed E-state index contributed by atoms with van der Waals surface area (Å²) in [5.41, 5.74) is 9.90. The highest BCUT2D eigenvalue weighted by molar-refractivity contribution is 7.90. The van der Waals surface area contributed by atoms with Gasteiger partial charge in [-0.2, -0.15) is 26.3 Å². The summed E-state index contributed by atoms with van der Waals surface area (Å²) in [5, 5.41) is 6.11. The number of aromatic nitrogens is 6. The molecule has 0 fully saturated rings. The van der Waals surface area contributed by atoms with Crippen LogP contribution in [-0.4, -0.2) is 80.6 Å². The third-order valence-electron chi connectivity index (χ3n) is 15.3. The first-order valence-electron chi connectivity index (χ1n) is 28.8. The maximum atomic E-state index is 12.7. The van der Waals surface area contributed by atoms with Crippen LogP contribution in [0.1, 0.15) is 45.3 Å². The number of aromatic amines is 3. The van der Waals surface area contributed by atoms with Crippen molar-refractivity contribution < 1.29 is 51.6 Å². The summed E-state index contributed by atoms with van der Waals surface area (Å²) < 4.78 is 154. The highest BCUT2D eigenvalue weighted by Crippen LogP contribution is 2.35. The molecular weight excluding hydrogens is 1280 g/mol. The fourth-order valence-electron chi connectivity index (χ4n) is 10.4. The molecule has 0 aliphatic carbocycles. The fourth-order valence-corrected chi connectivity index (χ4v) is 13.4. The molecule has 93 heavy (non-hydrogen) atoms. The number of fused-ring (bicyclic) bond motifs is 3. The highest BCUT2D eigenvalue weighted by atomic mass is 35.5. The highest BCUT2D eigenvalue weighted by Gasteiger charge is 2.31. The van der Waals surface area contributed by atoms with E-state index in [9.17, 15) is 51.6 Å². The van der Waals surface area contributed by atoms with E-state index in [4.69, 9.17) is 16.7 Å². The molecule has 0 bridgehead atoms. The molecule has 25 heteroatoms. The van der Waals surface area contributed by atoms with Gasteiger partial charge in [0.2, 0.25) is 30.1 Å². The molecule has 15 nitrogen and oxygen atoms in total. The van der Waals surface area contributed by atoms with Crippen LogP contribution in [0, 0.1) is 0 Å². The van der Waals surface area contributed by atoms with Gasteiger partial charge in [-0.05, 0) is 145 Å². The van der Waals surface area contributed by atoms with E-state index in [0.717, 1.165) is 114 Å². The van der Waals surface area contributed by atoms with Crippen molar-refractivity contribution in [1.29, 1.82) is 0 Å². The van der Waals surface area contributed by atoms with Gasteiger partial charge in [-0.1, -0.05) is 127 Å². The van der Waals surface area contributed by atoms with E-state index in [2.05, 4.69) is 34.6 Å². The molecule has 12 rings (SSSR count). The molecule has 0 radical (unpaired) electrons. The van der Waals surface area contributed by atoms with E-state index in [1.54, 1.807) is 66.7 Å². The minimum absolute atomic E-state index is 0.104. The monoisotopic (exact) mass is 1340 g/mol. The van der Waals surface area contributed by atoms with Crippen LogP contribution < -0.4 is 9.86 Å². The molecule has 0 unspecified atom stereocenters. The minimum atomic E-state index is -4.35. The number of hydrogen-bond donors (Lipinski definition) is 5. The number of halogens is 7. The van der Waals surface area contributed by atoms with Crippen LogP contribution in [0.15, 0.2) is 215 Å². The van der Waals surface area contributed by atoms with E-state index in [1.165, 1.54) is 55.8 Å². The third-order valence-corrected chi connectivity index (χ3v) is 19.9. The SMILES string of the molecule is CN(C)S(=O)(=O)c1ccccc1-c1ccc2nc(CCc3ccc(C(F)(F)F)cc3)[nH]c2c1.CNS(=O)(=O)c1ccccc1-c1ccc2nc(CCc3ccc(C(F)(F)F)cc3)[nH]c2c1.NS(=O)(=O)c1ccccc1-c1ccc2nc(CCc3ccccc3Cl)[nH]c2c1. The van der Waals surface area contributed by atoms with Crippen molar-refractivity contribution in [3.8, 4) is 33.4 Å². The molecule has 0 aliphatic rings. The van der Waals surface area contributed by atoms with Crippen molar-refractivity contribution in [2.24, 2.45) is 5.14 Å². The molecule has 0 spiro atoms. The summed E-state index contributed by atoms with van der Waals surface area (Å²) in [6.07, 6.45) is -5.06. The van der Waals surface area contributed by atoms with Gasteiger partial charge in [0.15, 0.2) is 0 Å². The molecule has 6 N–H and O–H groups in total. The average Bonchev–Trinajstić information content (AvgIpc) is 1.77. The molecule has 3 aromatic heterocycles. The molecular formula is C68H60ClF6N9O6S3. The smallest absolute Gasteiger partial charge is 0.342 e. The van der Waals surface area contributed by atoms with Crippen molar-refractivity contribution >= 4 is 74.8 Å². The molecule has 480 valence electrons. The normalized spacial score (nSPS) is 12.3. The molecule has 3 heterocycles. The number of nitrogens with one attached hydrogen (secondary N) is 4. The van der Waals surface area contributed by atoms with Crippen molar-refractivity contribution in [1.82, 2.24) is 38.9 Å². The number of hydrogen-bond acceptors (Lipinski definition) is 9. The largest absolute Gasteiger partial charge is 0.416 e. The molecule has 12 aromatic rings. The van der Waals surface area contributed by atoms with Gasteiger partial charge in [0.05, 0.1) is 58.9 Å². The Morgan fingerprint density at radius 2 is 0.806 bits per heavy atom. The van der Waals surface area contributed by atoms with Gasteiger partial charge >= 0.3 is 12.4 Å². The van der Waals surface area contributed by atoms with Crippen LogP contribution in [0.4, 0.5) is 26.3 Å². The predicted molar refractivity (Wildman–Crippen MR) is 350 cm³/mol. The van der Waals surface area contributed by atoms with Crippen LogP contribution in [0.2, 0.25) is 5.02 Å². The quantitative estimate of drug-likeness (QED) is 0.0545. The first-order chi connectivity index (χ1) is 44.1. The number of primary sulfonamides is 1. The standard InChI is InChI=1S/C24H22F3N3O2S.C23H20F3N3O2S.C21H18ClN3O2S/c1-30(2)33(31,32)22-6-4-3-5-19(22)17-10-13-20-21(15-17)29-23(28-20)14-9-16-7-11-18(12-8-16)24(25,26)27;1-27-32(30,31)21-5-3-2-4-18(21)16-9-12-19-20(14-16)29-22(28-19)13-8-15-6-10-17(11-7-15)23(24,25)26;22-17-7-3-1-5-14(17)10-12-21-24-18-11-9-15(13-19(18)25-21)16-6-2-4-8-20(16)28(23,26)27/h3-8,10-13,15H,9,14H2,1-2H3,(H,28,29);2-7,9-12,14,27H,8,13H2,1H3,(H,28,29);1-9,11,13H,10,12H2,(H,24,25)(H2,23,26,27). The van der Waals surface area contributed by atoms with Crippen molar-refractivity contribution in [3.63, 3.8) is 0 Å². The Kier molecular flexibility index (Phi) is 19.9. The molecule has 0 saturated carbocycles. The number of benzene rings is 9. The first-order valence-corrected chi connectivity index (χ1v) is 33.7. The maximum absolute atomic E-state index is 12.7. The molecule has 0 aliphatic heterocycles. The van der Waals surface area contributed by atoms with E-state index < -0.39 is 53.5 Å². The second-order valence-corrected chi connectivity index (χ2v) is 27.7. The maximum Gasteiger partial charge on any atom is 0.416 e. The lowest BCUT2D eigenvalue weighted by molar-refractivity contribution is -0.138. The Balaban J connectivity index is 0.000000153. The summed E-state index contributed by atoms with van der Waals surface area (Å²) in [6.45, 7) is 0. The minimum Gasteiger partial charge on any atom is -0.342 e. The van der Waals surface area contributed by atoms with Gasteiger partial charge < -0.3 is 15.0 Å². The molecule has 0 amide bonds. The predicted octanol–water partition coefficient (Wildman–Crippen LogP) is 14.5. The van der Waals surface area contributed by atoms with Crippen LogP contribution in [-0.2, 0) is 80.9 Å². The average molecular weight is 1340 g/mol. The van der Waals surface area contributed by atoms with Crippen LogP contribution in [0.25, 0.3) is 66.5 Å². The lowest BCUT2D eigenvalue weighted by Crippen LogP contribution is -2.22. The van der Waals surface area contributed by atoms with Crippen LogP contribution in [0.3, 0.4) is 0 Å². The lowest BCUT2D eigenvalue weighted by Gasteiger charge is -2.15. The van der Waals surface area contributed by atoms with Gasteiger partial charge in [0.25, 0.3) is 0 Å². The Morgan fingerprint density at radius 3 is 1.19 bits per heavy atom. The summed E-state index contributed by atoms with van der Waals surface area (Å²) in [7, 11) is -6.70. The Bertz CT molecular complexity index is 5020. The second kappa shape index (κ2) is 27.7. The lowest BCUT2D eigenvalue weighted by atomic mass is 10.1. The number of aryl methyl sites for hydroxylation is 6. The van der Waals surface area contributed by atoms with Crippen LogP contribution >= 0.6 is 11.6 Å². The zero-order valence-electron chi connectivity index (χ0n) is 50.0. The number of imidazole rings is 3. The van der Waals surface area contributed by atoms with Gasteiger partial charge in [0.1, 0.15) is 17.5 Å². The molecule has 0 atom stereocenters. The first kappa shape index (κ1) is 66.9. The Labute approximate surface area is 537 Å². The van der Waals surface area contributed by atoms with Crippen LogP contribution in [0.5, 0.6) is 0 Å². The van der Waals surface area contributed by atoms with Gasteiger partial charge in [-0.25, -0.2) is 54.4 Å². The van der Waals surface area contributed by atoms with Crippen molar-refractivity contribution in [2.45, 2.75) is 65.6 Å². The molecule has 0 saturated heterocycles. The van der Waals surface area contributed by atoms with Crippen molar-refractivity contribution in [3.05, 3.63) is 251 Å². The van der Waals surface area contributed by atoms with Crippen molar-refractivity contribution in [2.75, 3.05) is 21.1 Å². The topological polar surface area (TPSA) is 230 Å². The number of H-pyrrole nitrogens is 3. The van der Waals surface area contributed by atoms with E-state index in [0.29, 0.717) is 54.0 Å². The van der Waals surface area contributed by atoms with Gasteiger partial charge in [-0.3, -0.25) is 0 Å². The van der Waals surface area contributed by atoms with Gasteiger partial charge in [-0.15, -0.1) is 0 Å². The summed E-state index contributed by atoms with van der Waals surface area (Å²) in [6, 6.07) is 54.8. The van der Waals surface area contributed by atoms with E-state index in [1.807, 2.05) is 78.9 Å². The zero-order chi connectivity index (χ0) is 66.5. The Morgan fingerprint density at radius 1 is 0.452 bits per heavy atom. The number of rotatable bonds is 17. The second-order valence-electron chi connectivity index (χ2n) is 21.8. The van der Waals surface area contributed by atoms with E-state index in [-0.39, 0.29) is 14.7 Å². The number of alkyl halides is 6. The summed E-state index contributed by atoms with van der Waals surface area (Å²) >= 11 is 6.22. The fraction of sp³-hybridized carbons (Fsp3) is 0.162. The third kappa shape index (κ3) is 16.1. The Hall–Kier alpha value is -9.01. The summed E-state index contributed by atoms with van der Waals surface area (Å²) in [4.78, 5) is 24.0. The zero-order valence-corrected chi connectivity index (χ0v) is 53.2. The van der Waals surface area contributed by atoms with E-state index >= 15 is 0 Å². The molecule has 9 aromatic carbocycles. The number of nitrogens with zero attached hydrogens (tertiary/aromatic N) is 4. The summed E-state index contributed by atoms with van der Waals surface area (Å²) in [5.74, 6) is 2.26. The number of nitrogens with two attached hydrogens (primary N) is 1. The number of sulfonamides is 3.